The third kappa shape index (κ3) is 3.72. The molecule has 3 nitrogen and oxygen atoms in total. The number of aryl methyl sites for hydroxylation is 1. The second-order valence-electron chi connectivity index (χ2n) is 3.85. The molecule has 0 saturated heterocycles. The minimum Gasteiger partial charge on any atom is -0.504 e. The standard InChI is InChI=1S/C11H16BrNO2/c1-13(2)5-3-4-8-6-9(12)11(15)10(14)7-8/h6-7,14-15H,3-5H2,1-2H3. The predicted molar refractivity (Wildman–Crippen MR) is 64.3 cm³/mol. The lowest BCUT2D eigenvalue weighted by molar-refractivity contribution is 0.395. The van der Waals surface area contributed by atoms with Crippen LogP contribution in [0.3, 0.4) is 0 Å². The maximum absolute atomic E-state index is 9.40. The van der Waals surface area contributed by atoms with Gasteiger partial charge in [-0.2, -0.15) is 0 Å². The number of halogens is 1. The third-order valence-electron chi connectivity index (χ3n) is 2.17. The van der Waals surface area contributed by atoms with E-state index >= 15 is 0 Å². The molecule has 84 valence electrons. The highest BCUT2D eigenvalue weighted by Gasteiger charge is 2.06. The Morgan fingerprint density at radius 2 is 1.93 bits per heavy atom. The zero-order valence-corrected chi connectivity index (χ0v) is 10.6. The highest BCUT2D eigenvalue weighted by Crippen LogP contribution is 2.34. The monoisotopic (exact) mass is 273 g/mol. The molecule has 0 radical (unpaired) electrons. The van der Waals surface area contributed by atoms with E-state index in [1.165, 1.54) is 0 Å². The minimum atomic E-state index is -0.0913. The molecular formula is C11H16BrNO2. The molecule has 0 aliphatic rings. The van der Waals surface area contributed by atoms with Crippen LogP contribution in [0.1, 0.15) is 12.0 Å². The first-order valence-electron chi connectivity index (χ1n) is 4.86. The van der Waals surface area contributed by atoms with Crippen LogP contribution in [0.2, 0.25) is 0 Å². The summed E-state index contributed by atoms with van der Waals surface area (Å²) in [5.41, 5.74) is 1.03. The number of phenolic OH excluding ortho intramolecular Hbond substituents is 2. The van der Waals surface area contributed by atoms with Gasteiger partial charge in [0.2, 0.25) is 0 Å². The Morgan fingerprint density at radius 1 is 1.27 bits per heavy atom. The van der Waals surface area contributed by atoms with Crippen molar-refractivity contribution in [2.24, 2.45) is 0 Å². The smallest absolute Gasteiger partial charge is 0.171 e. The maximum Gasteiger partial charge on any atom is 0.171 e. The van der Waals surface area contributed by atoms with E-state index in [2.05, 4.69) is 20.8 Å². The van der Waals surface area contributed by atoms with Crippen LogP contribution in [0.25, 0.3) is 0 Å². The molecule has 1 aromatic rings. The van der Waals surface area contributed by atoms with Crippen molar-refractivity contribution in [3.8, 4) is 11.5 Å². The van der Waals surface area contributed by atoms with Crippen molar-refractivity contribution >= 4 is 15.9 Å². The zero-order chi connectivity index (χ0) is 11.4. The molecule has 0 heterocycles. The molecule has 0 aromatic heterocycles. The van der Waals surface area contributed by atoms with Crippen LogP contribution in [0.4, 0.5) is 0 Å². The second-order valence-corrected chi connectivity index (χ2v) is 4.71. The third-order valence-corrected chi connectivity index (χ3v) is 2.78. The van der Waals surface area contributed by atoms with Gasteiger partial charge in [0.25, 0.3) is 0 Å². The number of hydrogen-bond acceptors (Lipinski definition) is 3. The van der Waals surface area contributed by atoms with Crippen molar-refractivity contribution in [3.63, 3.8) is 0 Å². The van der Waals surface area contributed by atoms with Crippen molar-refractivity contribution in [2.75, 3.05) is 20.6 Å². The second kappa shape index (κ2) is 5.37. The van der Waals surface area contributed by atoms with Crippen LogP contribution in [0, 0.1) is 0 Å². The molecule has 0 atom stereocenters. The van der Waals surface area contributed by atoms with E-state index in [1.54, 1.807) is 6.07 Å². The van der Waals surface area contributed by atoms with Gasteiger partial charge in [0.15, 0.2) is 11.5 Å². The normalized spacial score (nSPS) is 10.9. The Hall–Kier alpha value is -0.740. The average Bonchev–Trinajstić information content (AvgIpc) is 2.13. The van der Waals surface area contributed by atoms with Crippen LogP contribution in [-0.2, 0) is 6.42 Å². The van der Waals surface area contributed by atoms with Gasteiger partial charge in [-0.05, 0) is 67.1 Å². The topological polar surface area (TPSA) is 43.7 Å². The molecule has 2 N–H and O–H groups in total. The zero-order valence-electron chi connectivity index (χ0n) is 9.00. The summed E-state index contributed by atoms with van der Waals surface area (Å²) in [6.07, 6.45) is 1.92. The van der Waals surface area contributed by atoms with E-state index < -0.39 is 0 Å². The lowest BCUT2D eigenvalue weighted by Gasteiger charge is -2.10. The van der Waals surface area contributed by atoms with Crippen LogP contribution < -0.4 is 0 Å². The first kappa shape index (κ1) is 12.3. The Bertz CT molecular complexity index is 316. The summed E-state index contributed by atoms with van der Waals surface area (Å²) in [6.45, 7) is 1.01. The molecule has 1 rings (SSSR count). The summed E-state index contributed by atoms with van der Waals surface area (Å²) in [7, 11) is 4.06. The highest BCUT2D eigenvalue weighted by atomic mass is 79.9. The molecule has 0 aliphatic heterocycles. The highest BCUT2D eigenvalue weighted by molar-refractivity contribution is 9.10. The van der Waals surface area contributed by atoms with E-state index in [0.717, 1.165) is 24.9 Å². The molecule has 0 saturated carbocycles. The van der Waals surface area contributed by atoms with E-state index in [9.17, 15) is 10.2 Å². The number of aromatic hydroxyl groups is 2. The predicted octanol–water partition coefficient (Wildman–Crippen LogP) is 2.35. The lowest BCUT2D eigenvalue weighted by atomic mass is 10.1. The number of nitrogens with zero attached hydrogens (tertiary/aromatic N) is 1. The summed E-state index contributed by atoms with van der Waals surface area (Å²) in [6, 6.07) is 3.44. The van der Waals surface area contributed by atoms with E-state index in [1.807, 2.05) is 20.2 Å². The van der Waals surface area contributed by atoms with Crippen molar-refractivity contribution in [2.45, 2.75) is 12.8 Å². The Labute approximate surface area is 98.5 Å². The summed E-state index contributed by atoms with van der Waals surface area (Å²) in [5.74, 6) is -0.157. The average molecular weight is 274 g/mol. The van der Waals surface area contributed by atoms with Crippen molar-refractivity contribution in [1.29, 1.82) is 0 Å². The van der Waals surface area contributed by atoms with Gasteiger partial charge in [0.05, 0.1) is 4.47 Å². The summed E-state index contributed by atoms with van der Waals surface area (Å²) < 4.78 is 0.544. The largest absolute Gasteiger partial charge is 0.504 e. The summed E-state index contributed by atoms with van der Waals surface area (Å²) in [5, 5.41) is 18.7. The lowest BCUT2D eigenvalue weighted by Crippen LogP contribution is -2.13. The van der Waals surface area contributed by atoms with Gasteiger partial charge in [-0.1, -0.05) is 0 Å². The molecular weight excluding hydrogens is 258 g/mol. The summed E-state index contributed by atoms with van der Waals surface area (Å²) >= 11 is 3.20. The SMILES string of the molecule is CN(C)CCCc1cc(O)c(O)c(Br)c1. The number of hydrogen-bond donors (Lipinski definition) is 2. The van der Waals surface area contributed by atoms with Crippen LogP contribution >= 0.6 is 15.9 Å². The van der Waals surface area contributed by atoms with Gasteiger partial charge in [-0.3, -0.25) is 0 Å². The van der Waals surface area contributed by atoms with Gasteiger partial charge in [0, 0.05) is 0 Å². The Kier molecular flexibility index (Phi) is 4.42. The van der Waals surface area contributed by atoms with Gasteiger partial charge in [0.1, 0.15) is 0 Å². The molecule has 0 bridgehead atoms. The van der Waals surface area contributed by atoms with E-state index in [4.69, 9.17) is 0 Å². The quantitative estimate of drug-likeness (QED) is 0.828. The van der Waals surface area contributed by atoms with Gasteiger partial charge in [-0.15, -0.1) is 0 Å². The molecule has 4 heteroatoms. The molecule has 0 unspecified atom stereocenters. The van der Waals surface area contributed by atoms with Crippen LogP contribution in [0.15, 0.2) is 16.6 Å². The van der Waals surface area contributed by atoms with E-state index in [0.29, 0.717) is 4.47 Å². The van der Waals surface area contributed by atoms with Crippen molar-refractivity contribution < 1.29 is 10.2 Å². The van der Waals surface area contributed by atoms with Crippen LogP contribution in [-0.4, -0.2) is 35.8 Å². The molecule has 0 aliphatic carbocycles. The Morgan fingerprint density at radius 3 is 2.47 bits per heavy atom. The fourth-order valence-electron chi connectivity index (χ4n) is 1.38. The summed E-state index contributed by atoms with van der Waals surface area (Å²) in [4.78, 5) is 2.12. The van der Waals surface area contributed by atoms with Gasteiger partial charge in [-0.25, -0.2) is 0 Å². The van der Waals surface area contributed by atoms with Crippen molar-refractivity contribution in [1.82, 2.24) is 4.90 Å². The molecule has 0 fully saturated rings. The number of phenols is 2. The van der Waals surface area contributed by atoms with Gasteiger partial charge < -0.3 is 15.1 Å². The van der Waals surface area contributed by atoms with Crippen LogP contribution in [0.5, 0.6) is 11.5 Å². The number of rotatable bonds is 4. The molecule has 1 aromatic carbocycles. The molecule has 15 heavy (non-hydrogen) atoms. The maximum atomic E-state index is 9.40. The first-order valence-corrected chi connectivity index (χ1v) is 5.65. The Balaban J connectivity index is 2.63. The fraction of sp³-hybridized carbons (Fsp3) is 0.455. The van der Waals surface area contributed by atoms with E-state index in [-0.39, 0.29) is 11.5 Å². The van der Waals surface area contributed by atoms with Gasteiger partial charge >= 0.3 is 0 Å². The molecule has 0 spiro atoms. The van der Waals surface area contributed by atoms with Crippen molar-refractivity contribution in [3.05, 3.63) is 22.2 Å². The number of benzene rings is 1. The minimum absolute atomic E-state index is 0.0655. The fourth-order valence-corrected chi connectivity index (χ4v) is 1.88. The first-order chi connectivity index (χ1) is 7.00. The molecule has 0 amide bonds.